The molecule has 0 bridgehead atoms. The van der Waals surface area contributed by atoms with Gasteiger partial charge in [0.15, 0.2) is 0 Å². The van der Waals surface area contributed by atoms with Crippen molar-refractivity contribution in [3.8, 4) is 0 Å². The summed E-state index contributed by atoms with van der Waals surface area (Å²) in [5, 5.41) is 3.57. The second-order valence-electron chi connectivity index (χ2n) is 5.68. The minimum absolute atomic E-state index is 0.00355. The number of halogens is 1. The molecule has 1 aliphatic rings. The van der Waals surface area contributed by atoms with Gasteiger partial charge in [0.1, 0.15) is 0 Å². The number of carbonyl (C=O) groups is 2. The third-order valence-electron chi connectivity index (χ3n) is 3.78. The molecule has 6 heteroatoms. The number of likely N-dealkylation sites (tertiary alicyclic amines) is 1. The van der Waals surface area contributed by atoms with E-state index in [9.17, 15) is 9.59 Å². The molecule has 5 nitrogen and oxygen atoms in total. The van der Waals surface area contributed by atoms with Crippen LogP contribution in [0.3, 0.4) is 0 Å². The number of anilines is 1. The maximum absolute atomic E-state index is 12.7. The molecule has 1 aromatic carbocycles. The number of carbonyl (C=O) groups excluding carboxylic acids is 2. The van der Waals surface area contributed by atoms with Gasteiger partial charge in [-0.15, -0.1) is 0 Å². The Morgan fingerprint density at radius 3 is 2.55 bits per heavy atom. The molecular weight excluding hydrogens is 302 g/mol. The molecule has 22 heavy (non-hydrogen) atoms. The van der Waals surface area contributed by atoms with E-state index in [1.54, 1.807) is 32.3 Å². The number of nitrogens with zero attached hydrogens (tertiary/aromatic N) is 2. The van der Waals surface area contributed by atoms with E-state index in [2.05, 4.69) is 5.32 Å². The van der Waals surface area contributed by atoms with Crippen molar-refractivity contribution in [1.29, 1.82) is 0 Å². The van der Waals surface area contributed by atoms with Crippen LogP contribution in [0.5, 0.6) is 0 Å². The molecular formula is C16H22ClN3O2. The predicted molar refractivity (Wildman–Crippen MR) is 88.4 cm³/mol. The molecule has 2 rings (SSSR count). The second-order valence-corrected chi connectivity index (χ2v) is 6.12. The highest BCUT2D eigenvalue weighted by molar-refractivity contribution is 6.31. The summed E-state index contributed by atoms with van der Waals surface area (Å²) in [4.78, 5) is 27.7. The van der Waals surface area contributed by atoms with Crippen molar-refractivity contribution in [2.75, 3.05) is 39.0 Å². The fourth-order valence-electron chi connectivity index (χ4n) is 2.45. The average Bonchev–Trinajstić information content (AvgIpc) is 2.52. The molecule has 0 unspecified atom stereocenters. The normalized spacial score (nSPS) is 14.6. The molecule has 0 saturated carbocycles. The molecule has 0 radical (unpaired) electrons. The van der Waals surface area contributed by atoms with Gasteiger partial charge in [0.25, 0.3) is 5.91 Å². The molecule has 2 amide bonds. The maximum Gasteiger partial charge on any atom is 0.255 e. The average molecular weight is 324 g/mol. The number of likely N-dealkylation sites (N-methyl/N-ethyl adjacent to an activating group) is 1. The lowest BCUT2D eigenvalue weighted by atomic mass is 10.1. The lowest BCUT2D eigenvalue weighted by Gasteiger charge is -2.27. The highest BCUT2D eigenvalue weighted by atomic mass is 35.5. The summed E-state index contributed by atoms with van der Waals surface area (Å²) in [5.41, 5.74) is 1.18. The second kappa shape index (κ2) is 7.49. The number of benzene rings is 1. The van der Waals surface area contributed by atoms with E-state index in [1.807, 2.05) is 4.90 Å². The molecule has 0 spiro atoms. The monoisotopic (exact) mass is 323 g/mol. The molecule has 0 aromatic heterocycles. The van der Waals surface area contributed by atoms with E-state index in [-0.39, 0.29) is 18.4 Å². The van der Waals surface area contributed by atoms with Crippen LogP contribution >= 0.6 is 11.6 Å². The van der Waals surface area contributed by atoms with Gasteiger partial charge in [-0.2, -0.15) is 0 Å². The number of hydrogen-bond donors (Lipinski definition) is 1. The SMILES string of the molecule is CN(C)C(=O)CNc1cc(Cl)ccc1C(=O)N1CCCCC1. The highest BCUT2D eigenvalue weighted by Gasteiger charge is 2.21. The van der Waals surface area contributed by atoms with Gasteiger partial charge >= 0.3 is 0 Å². The van der Waals surface area contributed by atoms with Crippen molar-refractivity contribution < 1.29 is 9.59 Å². The Bertz CT molecular complexity index is 554. The lowest BCUT2D eigenvalue weighted by Crippen LogP contribution is -2.36. The standard InChI is InChI=1S/C16H22ClN3O2/c1-19(2)15(21)11-18-14-10-12(17)6-7-13(14)16(22)20-8-4-3-5-9-20/h6-7,10,18H,3-5,8-9,11H2,1-2H3. The first-order valence-electron chi connectivity index (χ1n) is 7.52. The molecule has 1 saturated heterocycles. The van der Waals surface area contributed by atoms with Gasteiger partial charge in [0.05, 0.1) is 12.1 Å². The molecule has 1 fully saturated rings. The molecule has 1 N–H and O–H groups in total. The number of rotatable bonds is 4. The fraction of sp³-hybridized carbons (Fsp3) is 0.500. The summed E-state index contributed by atoms with van der Waals surface area (Å²) in [7, 11) is 3.39. The van der Waals surface area contributed by atoms with E-state index < -0.39 is 0 Å². The number of amides is 2. The summed E-state index contributed by atoms with van der Waals surface area (Å²) < 4.78 is 0. The van der Waals surface area contributed by atoms with E-state index >= 15 is 0 Å². The minimum Gasteiger partial charge on any atom is -0.375 e. The molecule has 1 aliphatic heterocycles. The van der Waals surface area contributed by atoms with Crippen molar-refractivity contribution in [1.82, 2.24) is 9.80 Å². The fourth-order valence-corrected chi connectivity index (χ4v) is 2.62. The van der Waals surface area contributed by atoms with E-state index in [1.165, 1.54) is 11.3 Å². The van der Waals surface area contributed by atoms with Crippen LogP contribution in [0.15, 0.2) is 18.2 Å². The molecule has 0 atom stereocenters. The molecule has 1 aromatic rings. The summed E-state index contributed by atoms with van der Waals surface area (Å²) >= 11 is 6.02. The van der Waals surface area contributed by atoms with Crippen molar-refractivity contribution in [2.45, 2.75) is 19.3 Å². The van der Waals surface area contributed by atoms with E-state index in [4.69, 9.17) is 11.6 Å². The van der Waals surface area contributed by atoms with Crippen LogP contribution in [0.2, 0.25) is 5.02 Å². The summed E-state index contributed by atoms with van der Waals surface area (Å²) in [6.07, 6.45) is 3.26. The molecule has 0 aliphatic carbocycles. The van der Waals surface area contributed by atoms with Crippen molar-refractivity contribution in [2.24, 2.45) is 0 Å². The van der Waals surface area contributed by atoms with Gasteiger partial charge < -0.3 is 15.1 Å². The largest absolute Gasteiger partial charge is 0.375 e. The Hall–Kier alpha value is -1.75. The van der Waals surface area contributed by atoms with Crippen molar-refractivity contribution in [3.63, 3.8) is 0 Å². The Morgan fingerprint density at radius 2 is 1.91 bits per heavy atom. The number of nitrogens with one attached hydrogen (secondary N) is 1. The first-order valence-corrected chi connectivity index (χ1v) is 7.89. The molecule has 1 heterocycles. The lowest BCUT2D eigenvalue weighted by molar-refractivity contribution is -0.126. The Morgan fingerprint density at radius 1 is 1.23 bits per heavy atom. The Balaban J connectivity index is 2.16. The van der Waals surface area contributed by atoms with Gasteiger partial charge in [-0.05, 0) is 37.5 Å². The van der Waals surface area contributed by atoms with Gasteiger partial charge in [-0.1, -0.05) is 11.6 Å². The van der Waals surface area contributed by atoms with Gasteiger partial charge in [-0.3, -0.25) is 9.59 Å². The third kappa shape index (κ3) is 4.13. The smallest absolute Gasteiger partial charge is 0.255 e. The number of hydrogen-bond acceptors (Lipinski definition) is 3. The Kier molecular flexibility index (Phi) is 5.66. The van der Waals surface area contributed by atoms with E-state index in [0.29, 0.717) is 16.3 Å². The zero-order valence-corrected chi connectivity index (χ0v) is 13.8. The first-order chi connectivity index (χ1) is 10.5. The van der Waals surface area contributed by atoms with Crippen LogP contribution < -0.4 is 5.32 Å². The molecule has 120 valence electrons. The van der Waals surface area contributed by atoms with Crippen LogP contribution in [0.1, 0.15) is 29.6 Å². The van der Waals surface area contributed by atoms with Crippen LogP contribution in [-0.4, -0.2) is 55.3 Å². The third-order valence-corrected chi connectivity index (χ3v) is 4.02. The zero-order valence-electron chi connectivity index (χ0n) is 13.1. The minimum atomic E-state index is -0.0589. The first kappa shape index (κ1) is 16.6. The van der Waals surface area contributed by atoms with Crippen molar-refractivity contribution in [3.05, 3.63) is 28.8 Å². The topological polar surface area (TPSA) is 52.7 Å². The highest BCUT2D eigenvalue weighted by Crippen LogP contribution is 2.24. The number of piperidine rings is 1. The maximum atomic E-state index is 12.7. The van der Waals surface area contributed by atoms with Crippen LogP contribution in [0.4, 0.5) is 5.69 Å². The Labute approximate surface area is 136 Å². The quantitative estimate of drug-likeness (QED) is 0.926. The van der Waals surface area contributed by atoms with Gasteiger partial charge in [-0.25, -0.2) is 0 Å². The van der Waals surface area contributed by atoms with E-state index in [0.717, 1.165) is 25.9 Å². The van der Waals surface area contributed by atoms with Crippen LogP contribution in [0, 0.1) is 0 Å². The van der Waals surface area contributed by atoms with Crippen molar-refractivity contribution >= 4 is 29.1 Å². The predicted octanol–water partition coefficient (Wildman–Crippen LogP) is 2.47. The van der Waals surface area contributed by atoms with Crippen LogP contribution in [0.25, 0.3) is 0 Å². The summed E-state index contributed by atoms with van der Waals surface area (Å²) in [6, 6.07) is 5.13. The zero-order chi connectivity index (χ0) is 16.1. The van der Waals surface area contributed by atoms with Crippen LogP contribution in [-0.2, 0) is 4.79 Å². The van der Waals surface area contributed by atoms with Gasteiger partial charge in [0, 0.05) is 37.9 Å². The summed E-state index contributed by atoms with van der Waals surface area (Å²) in [5.74, 6) is -0.0625. The van der Waals surface area contributed by atoms with Gasteiger partial charge in [0.2, 0.25) is 5.91 Å². The summed E-state index contributed by atoms with van der Waals surface area (Å²) in [6.45, 7) is 1.71.